The van der Waals surface area contributed by atoms with E-state index in [1.807, 2.05) is 86.6 Å². The molecule has 1 aromatic heterocycles. The van der Waals surface area contributed by atoms with Crippen molar-refractivity contribution in [2.75, 3.05) is 24.3 Å². The number of benzene rings is 3. The van der Waals surface area contributed by atoms with Crippen LogP contribution in [0.15, 0.2) is 77.2 Å². The Bertz CT molecular complexity index is 1280. The van der Waals surface area contributed by atoms with E-state index < -0.39 is 0 Å². The van der Waals surface area contributed by atoms with Crippen LogP contribution in [-0.2, 0) is 5.41 Å². The van der Waals surface area contributed by atoms with Crippen LogP contribution >= 0.6 is 0 Å². The summed E-state index contributed by atoms with van der Waals surface area (Å²) < 4.78 is 6.21. The summed E-state index contributed by atoms with van der Waals surface area (Å²) in [5.41, 5.74) is 6.05. The summed E-state index contributed by atoms with van der Waals surface area (Å²) in [5.74, 6) is 0.558. The molecule has 4 aromatic rings. The van der Waals surface area contributed by atoms with Crippen molar-refractivity contribution < 1.29 is 9.21 Å². The molecule has 0 spiro atoms. The normalized spacial score (nSPS) is 11.4. The van der Waals surface area contributed by atoms with E-state index in [0.29, 0.717) is 17.3 Å². The molecule has 0 saturated carbocycles. The second-order valence-electron chi connectivity index (χ2n) is 9.79. The molecule has 0 aliphatic carbocycles. The van der Waals surface area contributed by atoms with Gasteiger partial charge in [0.1, 0.15) is 0 Å². The monoisotopic (exact) mass is 453 g/mol. The van der Waals surface area contributed by atoms with Crippen molar-refractivity contribution in [2.45, 2.75) is 33.1 Å². The molecule has 5 nitrogen and oxygen atoms in total. The van der Waals surface area contributed by atoms with Crippen LogP contribution in [0.3, 0.4) is 0 Å². The maximum Gasteiger partial charge on any atom is 0.278 e. The molecule has 1 amide bonds. The third kappa shape index (κ3) is 5.04. The first-order valence-electron chi connectivity index (χ1n) is 11.4. The number of carbonyl (C=O) groups is 1. The third-order valence-electron chi connectivity index (χ3n) is 5.80. The van der Waals surface area contributed by atoms with Gasteiger partial charge in [-0.05, 0) is 66.4 Å². The predicted molar refractivity (Wildman–Crippen MR) is 140 cm³/mol. The number of amides is 1. The molecule has 0 aliphatic heterocycles. The Morgan fingerprint density at radius 3 is 2.00 bits per heavy atom. The van der Waals surface area contributed by atoms with Crippen molar-refractivity contribution in [1.82, 2.24) is 4.98 Å². The molecule has 0 aliphatic rings. The van der Waals surface area contributed by atoms with Crippen LogP contribution in [0, 0.1) is 6.92 Å². The van der Waals surface area contributed by atoms with Gasteiger partial charge in [-0.3, -0.25) is 4.79 Å². The van der Waals surface area contributed by atoms with Gasteiger partial charge in [0, 0.05) is 36.6 Å². The van der Waals surface area contributed by atoms with Gasteiger partial charge >= 0.3 is 0 Å². The van der Waals surface area contributed by atoms with Crippen LogP contribution in [0.5, 0.6) is 0 Å². The standard InChI is InChI=1S/C29H31N3O2/c1-19-7-15-23(16-8-19)30-27(33)25-26(20-11-17-24(18-12-20)32(5)6)34-28(31-25)21-9-13-22(14-10-21)29(2,3)4/h7-18H,1-6H3,(H,30,33). The number of carbonyl (C=O) groups excluding carboxylic acids is 1. The molecular weight excluding hydrogens is 422 g/mol. The number of nitrogens with zero attached hydrogens (tertiary/aromatic N) is 2. The molecule has 0 fully saturated rings. The summed E-state index contributed by atoms with van der Waals surface area (Å²) in [6.07, 6.45) is 0. The maximum atomic E-state index is 13.3. The van der Waals surface area contributed by atoms with Crippen LogP contribution < -0.4 is 10.2 Å². The first-order chi connectivity index (χ1) is 16.1. The topological polar surface area (TPSA) is 58.4 Å². The van der Waals surface area contributed by atoms with E-state index in [0.717, 1.165) is 22.4 Å². The molecule has 3 aromatic carbocycles. The zero-order chi connectivity index (χ0) is 24.5. The fraction of sp³-hybridized carbons (Fsp3) is 0.241. The summed E-state index contributed by atoms with van der Waals surface area (Å²) in [6.45, 7) is 8.54. The molecule has 1 N–H and O–H groups in total. The number of hydrogen-bond donors (Lipinski definition) is 1. The first-order valence-corrected chi connectivity index (χ1v) is 11.4. The predicted octanol–water partition coefficient (Wildman–Crippen LogP) is 6.93. The highest BCUT2D eigenvalue weighted by molar-refractivity contribution is 6.06. The molecule has 0 bridgehead atoms. The lowest BCUT2D eigenvalue weighted by Crippen LogP contribution is -2.13. The molecule has 1 heterocycles. The van der Waals surface area contributed by atoms with Gasteiger partial charge in [-0.25, -0.2) is 4.98 Å². The van der Waals surface area contributed by atoms with Gasteiger partial charge in [0.15, 0.2) is 11.5 Å². The van der Waals surface area contributed by atoms with E-state index in [1.165, 1.54) is 5.56 Å². The highest BCUT2D eigenvalue weighted by atomic mass is 16.4. The molecular formula is C29H31N3O2. The Labute approximate surface area is 201 Å². The second kappa shape index (κ2) is 9.18. The molecule has 0 unspecified atom stereocenters. The lowest BCUT2D eigenvalue weighted by Gasteiger charge is -2.18. The van der Waals surface area contributed by atoms with Crippen LogP contribution in [0.1, 0.15) is 42.4 Å². The van der Waals surface area contributed by atoms with Crippen molar-refractivity contribution in [3.63, 3.8) is 0 Å². The minimum Gasteiger partial charge on any atom is -0.435 e. The summed E-state index contributed by atoms with van der Waals surface area (Å²) in [5, 5.41) is 2.95. The first kappa shape index (κ1) is 23.3. The molecule has 34 heavy (non-hydrogen) atoms. The fourth-order valence-corrected chi connectivity index (χ4v) is 3.64. The van der Waals surface area contributed by atoms with Gasteiger partial charge in [0.2, 0.25) is 5.89 Å². The Kier molecular flexibility index (Phi) is 6.29. The Morgan fingerprint density at radius 2 is 1.44 bits per heavy atom. The summed E-state index contributed by atoms with van der Waals surface area (Å²) >= 11 is 0. The molecule has 0 saturated heterocycles. The average Bonchev–Trinajstić information content (AvgIpc) is 3.26. The van der Waals surface area contributed by atoms with E-state index in [-0.39, 0.29) is 17.0 Å². The summed E-state index contributed by atoms with van der Waals surface area (Å²) in [6, 6.07) is 23.7. The number of anilines is 2. The minimum atomic E-state index is -0.308. The average molecular weight is 454 g/mol. The maximum absolute atomic E-state index is 13.3. The Hall–Kier alpha value is -3.86. The lowest BCUT2D eigenvalue weighted by atomic mass is 9.87. The van der Waals surface area contributed by atoms with E-state index >= 15 is 0 Å². The van der Waals surface area contributed by atoms with Gasteiger partial charge < -0.3 is 14.6 Å². The smallest absolute Gasteiger partial charge is 0.278 e. The van der Waals surface area contributed by atoms with E-state index in [2.05, 4.69) is 43.2 Å². The third-order valence-corrected chi connectivity index (χ3v) is 5.80. The van der Waals surface area contributed by atoms with Crippen LogP contribution in [0.25, 0.3) is 22.8 Å². The van der Waals surface area contributed by atoms with Crippen molar-refractivity contribution in [3.05, 3.63) is 89.6 Å². The van der Waals surface area contributed by atoms with E-state index in [9.17, 15) is 4.79 Å². The zero-order valence-electron chi connectivity index (χ0n) is 20.6. The van der Waals surface area contributed by atoms with Crippen LogP contribution in [-0.4, -0.2) is 25.0 Å². The highest BCUT2D eigenvalue weighted by Gasteiger charge is 2.23. The number of oxazole rings is 1. The second-order valence-corrected chi connectivity index (χ2v) is 9.79. The summed E-state index contributed by atoms with van der Waals surface area (Å²) in [4.78, 5) is 19.9. The van der Waals surface area contributed by atoms with Gasteiger partial charge in [0.05, 0.1) is 0 Å². The zero-order valence-corrected chi connectivity index (χ0v) is 20.6. The van der Waals surface area contributed by atoms with E-state index in [1.54, 1.807) is 0 Å². The lowest BCUT2D eigenvalue weighted by molar-refractivity contribution is 0.102. The minimum absolute atomic E-state index is 0.0492. The van der Waals surface area contributed by atoms with E-state index in [4.69, 9.17) is 4.42 Å². The summed E-state index contributed by atoms with van der Waals surface area (Å²) in [7, 11) is 3.98. The van der Waals surface area contributed by atoms with Gasteiger partial charge in [0.25, 0.3) is 5.91 Å². The number of aromatic nitrogens is 1. The Morgan fingerprint density at radius 1 is 0.853 bits per heavy atom. The molecule has 0 atom stereocenters. The molecule has 174 valence electrons. The van der Waals surface area contributed by atoms with Crippen molar-refractivity contribution in [1.29, 1.82) is 0 Å². The number of hydrogen-bond acceptors (Lipinski definition) is 4. The van der Waals surface area contributed by atoms with Crippen molar-refractivity contribution in [3.8, 4) is 22.8 Å². The van der Waals surface area contributed by atoms with Crippen LogP contribution in [0.2, 0.25) is 0 Å². The number of aryl methyl sites for hydroxylation is 1. The van der Waals surface area contributed by atoms with Crippen molar-refractivity contribution >= 4 is 17.3 Å². The highest BCUT2D eigenvalue weighted by Crippen LogP contribution is 2.32. The van der Waals surface area contributed by atoms with Gasteiger partial charge in [-0.2, -0.15) is 0 Å². The SMILES string of the molecule is Cc1ccc(NC(=O)c2nc(-c3ccc(C(C)(C)C)cc3)oc2-c2ccc(N(C)C)cc2)cc1. The van der Waals surface area contributed by atoms with Gasteiger partial charge in [-0.15, -0.1) is 0 Å². The molecule has 4 rings (SSSR count). The van der Waals surface area contributed by atoms with Crippen LogP contribution in [0.4, 0.5) is 11.4 Å². The van der Waals surface area contributed by atoms with Crippen molar-refractivity contribution in [2.24, 2.45) is 0 Å². The fourth-order valence-electron chi connectivity index (χ4n) is 3.64. The molecule has 5 heteroatoms. The Balaban J connectivity index is 1.74. The number of nitrogens with one attached hydrogen (secondary N) is 1. The van der Waals surface area contributed by atoms with Gasteiger partial charge in [-0.1, -0.05) is 50.6 Å². The quantitative estimate of drug-likeness (QED) is 0.356. The largest absolute Gasteiger partial charge is 0.435 e. The molecule has 0 radical (unpaired) electrons. The number of rotatable bonds is 5.